The van der Waals surface area contributed by atoms with Gasteiger partial charge in [-0.2, -0.15) is 0 Å². The number of methoxy groups -OCH3 is 1. The smallest absolute Gasteiger partial charge is 0.258 e. The van der Waals surface area contributed by atoms with Crippen LogP contribution >= 0.6 is 0 Å². The van der Waals surface area contributed by atoms with Crippen LogP contribution in [0.2, 0.25) is 0 Å². The number of aromatic nitrogens is 2. The van der Waals surface area contributed by atoms with Crippen LogP contribution in [0.5, 0.6) is 11.5 Å². The monoisotopic (exact) mass is 766 g/mol. The number of rotatable bonds is 14. The molecule has 3 aromatic carbocycles. The third-order valence-electron chi connectivity index (χ3n) is 11.2. The lowest BCUT2D eigenvalue weighted by Crippen LogP contribution is -2.47. The van der Waals surface area contributed by atoms with E-state index in [1.54, 1.807) is 36.2 Å². The summed E-state index contributed by atoms with van der Waals surface area (Å²) in [6.45, 7) is 7.73. The van der Waals surface area contributed by atoms with Gasteiger partial charge in [0.2, 0.25) is 11.9 Å². The van der Waals surface area contributed by atoms with E-state index in [4.69, 9.17) is 14.5 Å². The summed E-state index contributed by atoms with van der Waals surface area (Å²) in [4.78, 5) is 55.6. The Morgan fingerprint density at radius 2 is 1.62 bits per heavy atom. The zero-order valence-electron chi connectivity index (χ0n) is 34.1. The van der Waals surface area contributed by atoms with E-state index in [0.29, 0.717) is 58.6 Å². The Morgan fingerprint density at radius 3 is 2.34 bits per heavy atom. The van der Waals surface area contributed by atoms with Gasteiger partial charge in [0.05, 0.1) is 36.2 Å². The van der Waals surface area contributed by atoms with Crippen LogP contribution in [-0.4, -0.2) is 129 Å². The Kier molecular flexibility index (Phi) is 13.2. The molecule has 2 aliphatic heterocycles. The number of hydrogen-bond acceptors (Lipinski definition) is 9. The third-order valence-corrected chi connectivity index (χ3v) is 11.2. The number of fused-ring (bicyclic) bond motifs is 1. The van der Waals surface area contributed by atoms with Crippen molar-refractivity contribution in [3.8, 4) is 11.5 Å². The lowest BCUT2D eigenvalue weighted by Gasteiger charge is -2.35. The summed E-state index contributed by atoms with van der Waals surface area (Å²) in [5, 5.41) is 3.00. The molecule has 2 aliphatic rings. The number of aryl methyl sites for hydroxylation is 2. The number of para-hydroxylation sites is 1. The third kappa shape index (κ3) is 9.27. The molecule has 0 saturated carbocycles. The Balaban J connectivity index is 1.08. The van der Waals surface area contributed by atoms with Crippen LogP contribution in [0.25, 0.3) is 11.0 Å². The first-order valence-corrected chi connectivity index (χ1v) is 19.8. The van der Waals surface area contributed by atoms with Crippen molar-refractivity contribution in [1.29, 1.82) is 0 Å². The molecule has 3 amide bonds. The highest BCUT2D eigenvalue weighted by Crippen LogP contribution is 2.33. The summed E-state index contributed by atoms with van der Waals surface area (Å²) in [6.07, 6.45) is 5.17. The summed E-state index contributed by atoms with van der Waals surface area (Å²) in [7, 11) is 11.6. The standard InChI is InChI=1S/C43H58N8O5/c1-30-15-18-35(38(28-30)56-27-10-8-9-14-39(52)50-25-23-47(4)24-26-50)48(5)42(54)31-16-17-34(37(29-31)55-7)44-41(53)33-12-11-13-36-40(33)45-43(49(36)6)51-21-19-32(20-22-51)46(2)3/h11-13,15-18,28-29,32H,8-10,14,19-27H2,1-7H3,(H,44,53). The molecule has 13 nitrogen and oxygen atoms in total. The van der Waals surface area contributed by atoms with E-state index in [-0.39, 0.29) is 17.7 Å². The summed E-state index contributed by atoms with van der Waals surface area (Å²) in [5.74, 6) is 1.50. The van der Waals surface area contributed by atoms with Gasteiger partial charge in [-0.1, -0.05) is 12.1 Å². The molecule has 300 valence electrons. The Hall–Kier alpha value is -5.14. The van der Waals surface area contributed by atoms with Crippen LogP contribution in [-0.2, 0) is 11.8 Å². The SMILES string of the molecule is COc1cc(C(=O)N(C)c2ccc(C)cc2OCCCCCC(=O)N2CCN(C)CC2)ccc1NC(=O)c1cccc2c1nc(N1CCC(N(C)C)CC1)n2C. The number of hydrogen-bond donors (Lipinski definition) is 1. The predicted octanol–water partition coefficient (Wildman–Crippen LogP) is 5.66. The molecule has 0 bridgehead atoms. The van der Waals surface area contributed by atoms with Crippen LogP contribution in [0.15, 0.2) is 54.6 Å². The molecule has 2 saturated heterocycles. The first kappa shape index (κ1) is 40.5. The van der Waals surface area contributed by atoms with Crippen LogP contribution in [0.3, 0.4) is 0 Å². The molecule has 13 heteroatoms. The van der Waals surface area contributed by atoms with E-state index >= 15 is 0 Å². The lowest BCUT2D eigenvalue weighted by molar-refractivity contribution is -0.132. The zero-order valence-corrected chi connectivity index (χ0v) is 34.1. The summed E-state index contributed by atoms with van der Waals surface area (Å²) < 4.78 is 14.0. The number of amides is 3. The molecule has 6 rings (SSSR count). The molecule has 2 fully saturated rings. The van der Waals surface area contributed by atoms with Crippen LogP contribution in [0, 0.1) is 6.92 Å². The second kappa shape index (κ2) is 18.2. The molecular weight excluding hydrogens is 709 g/mol. The lowest BCUT2D eigenvalue weighted by atomic mass is 10.0. The molecule has 0 aliphatic carbocycles. The minimum atomic E-state index is -0.316. The highest BCUT2D eigenvalue weighted by molar-refractivity contribution is 6.13. The molecule has 56 heavy (non-hydrogen) atoms. The van der Waals surface area contributed by atoms with Gasteiger partial charge in [-0.05, 0) is 108 Å². The Bertz CT molecular complexity index is 2010. The number of carbonyl (C=O) groups excluding carboxylic acids is 3. The van der Waals surface area contributed by atoms with Crippen LogP contribution < -0.4 is 24.6 Å². The largest absolute Gasteiger partial charge is 0.495 e. The maximum absolute atomic E-state index is 13.9. The van der Waals surface area contributed by atoms with Gasteiger partial charge in [-0.3, -0.25) is 14.4 Å². The number of piperazine rings is 1. The molecule has 0 unspecified atom stereocenters. The second-order valence-corrected chi connectivity index (χ2v) is 15.4. The molecule has 4 aromatic rings. The fourth-order valence-corrected chi connectivity index (χ4v) is 7.64. The number of imidazole rings is 1. The molecule has 0 spiro atoms. The van der Waals surface area contributed by atoms with Crippen molar-refractivity contribution in [2.45, 2.75) is 51.5 Å². The summed E-state index contributed by atoms with van der Waals surface area (Å²) in [5.41, 5.74) is 4.48. The minimum Gasteiger partial charge on any atom is -0.495 e. The van der Waals surface area contributed by atoms with Gasteiger partial charge in [-0.25, -0.2) is 4.98 Å². The molecule has 1 N–H and O–H groups in total. The molecule has 0 radical (unpaired) electrons. The van der Waals surface area contributed by atoms with Crippen LogP contribution in [0.1, 0.15) is 64.8 Å². The number of likely N-dealkylation sites (N-methyl/N-ethyl adjacent to an activating group) is 1. The van der Waals surface area contributed by atoms with Gasteiger partial charge in [0.15, 0.2) is 0 Å². The number of anilines is 3. The second-order valence-electron chi connectivity index (χ2n) is 15.4. The fraction of sp³-hybridized carbons (Fsp3) is 0.488. The maximum atomic E-state index is 13.9. The average Bonchev–Trinajstić information content (AvgIpc) is 3.55. The molecule has 3 heterocycles. The quantitative estimate of drug-likeness (QED) is 0.162. The van der Waals surface area contributed by atoms with Crippen molar-refractivity contribution in [2.24, 2.45) is 7.05 Å². The van der Waals surface area contributed by atoms with Crippen molar-refractivity contribution in [3.05, 3.63) is 71.3 Å². The minimum absolute atomic E-state index is 0.231. The number of unbranched alkanes of at least 4 members (excludes halogenated alkanes) is 2. The van der Waals surface area contributed by atoms with Gasteiger partial charge in [0, 0.05) is 71.4 Å². The number of piperidine rings is 1. The normalized spacial score (nSPS) is 15.4. The topological polar surface area (TPSA) is 116 Å². The summed E-state index contributed by atoms with van der Waals surface area (Å²) >= 11 is 0. The predicted molar refractivity (Wildman–Crippen MR) is 223 cm³/mol. The van der Waals surface area contributed by atoms with Crippen molar-refractivity contribution in [3.63, 3.8) is 0 Å². The van der Waals surface area contributed by atoms with Crippen molar-refractivity contribution in [2.75, 3.05) is 96.3 Å². The van der Waals surface area contributed by atoms with Crippen molar-refractivity contribution < 1.29 is 23.9 Å². The fourth-order valence-electron chi connectivity index (χ4n) is 7.64. The van der Waals surface area contributed by atoms with E-state index in [0.717, 1.165) is 88.4 Å². The van der Waals surface area contributed by atoms with Crippen molar-refractivity contribution in [1.82, 2.24) is 24.3 Å². The summed E-state index contributed by atoms with van der Waals surface area (Å²) in [6, 6.07) is 17.0. The average molecular weight is 767 g/mol. The van der Waals surface area contributed by atoms with Gasteiger partial charge in [0.25, 0.3) is 11.8 Å². The van der Waals surface area contributed by atoms with Crippen molar-refractivity contribution >= 4 is 46.1 Å². The molecule has 1 aromatic heterocycles. The van der Waals surface area contributed by atoms with E-state index in [1.165, 1.54) is 7.11 Å². The Morgan fingerprint density at radius 1 is 0.875 bits per heavy atom. The van der Waals surface area contributed by atoms with E-state index in [9.17, 15) is 14.4 Å². The highest BCUT2D eigenvalue weighted by atomic mass is 16.5. The molecule has 0 atom stereocenters. The van der Waals surface area contributed by atoms with E-state index < -0.39 is 0 Å². The van der Waals surface area contributed by atoms with Gasteiger partial charge in [-0.15, -0.1) is 0 Å². The van der Waals surface area contributed by atoms with Crippen LogP contribution in [0.4, 0.5) is 17.3 Å². The number of ether oxygens (including phenoxy) is 2. The number of nitrogens with zero attached hydrogens (tertiary/aromatic N) is 7. The Labute approximate surface area is 331 Å². The highest BCUT2D eigenvalue weighted by Gasteiger charge is 2.26. The van der Waals surface area contributed by atoms with Gasteiger partial charge in [0.1, 0.15) is 17.0 Å². The number of carbonyl (C=O) groups is 3. The van der Waals surface area contributed by atoms with Gasteiger partial charge >= 0.3 is 0 Å². The first-order valence-electron chi connectivity index (χ1n) is 19.8. The van der Waals surface area contributed by atoms with E-state index in [2.05, 4.69) is 45.7 Å². The number of benzene rings is 3. The maximum Gasteiger partial charge on any atom is 0.258 e. The molecular formula is C43H58N8O5. The van der Waals surface area contributed by atoms with Gasteiger partial charge < -0.3 is 43.9 Å². The zero-order chi connectivity index (χ0) is 39.9. The number of nitrogens with one attached hydrogen (secondary N) is 1. The first-order chi connectivity index (χ1) is 26.9. The van der Waals surface area contributed by atoms with E-state index in [1.807, 2.05) is 49.2 Å².